The van der Waals surface area contributed by atoms with Gasteiger partial charge in [-0.25, -0.2) is 4.79 Å². The Bertz CT molecular complexity index is 1050. The summed E-state index contributed by atoms with van der Waals surface area (Å²) in [6, 6.07) is 7.51. The van der Waals surface area contributed by atoms with E-state index in [1.165, 1.54) is 12.3 Å². The minimum absolute atomic E-state index is 0.000399. The lowest BCUT2D eigenvalue weighted by Gasteiger charge is -2.40. The molecule has 2 heterocycles. The van der Waals surface area contributed by atoms with E-state index in [9.17, 15) is 34.8 Å². The van der Waals surface area contributed by atoms with E-state index in [0.29, 0.717) is 5.56 Å². The Hall–Kier alpha value is -3.36. The summed E-state index contributed by atoms with van der Waals surface area (Å²) in [5.74, 6) is -1.45. The van der Waals surface area contributed by atoms with E-state index in [-0.39, 0.29) is 12.2 Å². The summed E-state index contributed by atoms with van der Waals surface area (Å²) in [4.78, 5) is 41.1. The van der Waals surface area contributed by atoms with Crippen LogP contribution in [0.3, 0.4) is 0 Å². The molecule has 13 heteroatoms. The molecule has 1 aliphatic heterocycles. The second-order valence-electron chi connectivity index (χ2n) is 7.84. The molecule has 2 aromatic rings. The highest BCUT2D eigenvalue weighted by Gasteiger charge is 2.44. The summed E-state index contributed by atoms with van der Waals surface area (Å²) in [6.07, 6.45) is -4.81. The quantitative estimate of drug-likeness (QED) is 0.199. The van der Waals surface area contributed by atoms with E-state index < -0.39 is 67.3 Å². The molecule has 0 spiro atoms. The molecule has 1 aromatic carbocycles. The summed E-state index contributed by atoms with van der Waals surface area (Å²) >= 11 is 0. The molecular weight excluding hydrogens is 450 g/mol. The van der Waals surface area contributed by atoms with Crippen molar-refractivity contribution >= 4 is 17.6 Å². The largest absolute Gasteiger partial charge is 0.394 e. The lowest BCUT2D eigenvalue weighted by molar-refractivity contribution is -0.254. The smallest absolute Gasteiger partial charge is 0.349 e. The number of nitrogen functional groups attached to an aromatic ring is 1. The first kappa shape index (κ1) is 25.3. The third kappa shape index (κ3) is 6.15. The number of aromatic nitrogens is 2. The molecule has 0 unspecified atom stereocenters. The highest BCUT2D eigenvalue weighted by Crippen LogP contribution is 2.20. The fourth-order valence-corrected chi connectivity index (χ4v) is 3.53. The third-order valence-corrected chi connectivity index (χ3v) is 5.35. The first-order chi connectivity index (χ1) is 16.2. The normalized spacial score (nSPS) is 25.4. The molecule has 2 amide bonds. The Morgan fingerprint density at radius 3 is 2.50 bits per heavy atom. The fraction of sp³-hybridized carbons (Fsp3) is 0.429. The number of nitrogens with zero attached hydrogens (tertiary/aromatic N) is 2. The minimum Gasteiger partial charge on any atom is -0.394 e. The summed E-state index contributed by atoms with van der Waals surface area (Å²) in [6.45, 7) is -1.08. The van der Waals surface area contributed by atoms with E-state index in [0.717, 1.165) is 4.57 Å². The van der Waals surface area contributed by atoms with Crippen LogP contribution in [0, 0.1) is 0 Å². The van der Waals surface area contributed by atoms with Crippen molar-refractivity contribution in [3.05, 3.63) is 58.6 Å². The molecule has 34 heavy (non-hydrogen) atoms. The number of hydrogen-bond acceptors (Lipinski definition) is 10. The number of nitrogens with two attached hydrogens (primary N) is 1. The van der Waals surface area contributed by atoms with Gasteiger partial charge in [0.25, 0.3) is 0 Å². The number of carbonyl (C=O) groups excluding carboxylic acids is 2. The molecule has 0 bridgehead atoms. The van der Waals surface area contributed by atoms with Gasteiger partial charge in [-0.3, -0.25) is 14.2 Å². The van der Waals surface area contributed by atoms with Crippen molar-refractivity contribution < 1.29 is 34.8 Å². The Kier molecular flexibility index (Phi) is 8.31. The monoisotopic (exact) mass is 477 g/mol. The van der Waals surface area contributed by atoms with Crippen molar-refractivity contribution in [1.29, 1.82) is 0 Å². The topological polar surface area (TPSA) is 209 Å². The molecule has 1 aliphatic rings. The van der Waals surface area contributed by atoms with Crippen LogP contribution < -0.4 is 22.1 Å². The summed E-state index contributed by atoms with van der Waals surface area (Å²) in [7, 11) is 0. The van der Waals surface area contributed by atoms with Crippen LogP contribution in [-0.2, 0) is 27.3 Å². The molecule has 0 radical (unpaired) electrons. The Morgan fingerprint density at radius 1 is 1.15 bits per heavy atom. The van der Waals surface area contributed by atoms with Crippen LogP contribution in [0.15, 0.2) is 47.4 Å². The second kappa shape index (κ2) is 11.2. The zero-order chi connectivity index (χ0) is 24.8. The van der Waals surface area contributed by atoms with Gasteiger partial charge in [-0.15, -0.1) is 0 Å². The predicted molar refractivity (Wildman–Crippen MR) is 117 cm³/mol. The van der Waals surface area contributed by atoms with Crippen molar-refractivity contribution in [2.75, 3.05) is 12.3 Å². The maximum atomic E-state index is 13.0. The Balaban J connectivity index is 1.75. The number of aliphatic hydroxyl groups excluding tert-OH is 4. The molecule has 1 saturated heterocycles. The molecule has 0 aliphatic carbocycles. The fourth-order valence-electron chi connectivity index (χ4n) is 3.53. The Morgan fingerprint density at radius 2 is 1.85 bits per heavy atom. The number of hydrogen-bond donors (Lipinski definition) is 7. The minimum atomic E-state index is -1.72. The second-order valence-corrected chi connectivity index (χ2v) is 7.84. The molecule has 6 atom stereocenters. The van der Waals surface area contributed by atoms with E-state index in [2.05, 4.69) is 15.6 Å². The number of carbonyl (C=O) groups is 2. The molecule has 3 rings (SSSR count). The van der Waals surface area contributed by atoms with Crippen LogP contribution in [0.25, 0.3) is 0 Å². The van der Waals surface area contributed by atoms with E-state index in [1.807, 2.05) is 0 Å². The maximum Gasteiger partial charge on any atom is 0.349 e. The lowest BCUT2D eigenvalue weighted by Crippen LogP contribution is -2.66. The van der Waals surface area contributed by atoms with Gasteiger partial charge >= 0.3 is 5.69 Å². The van der Waals surface area contributed by atoms with E-state index in [4.69, 9.17) is 10.5 Å². The highest BCUT2D eigenvalue weighted by molar-refractivity contribution is 5.88. The zero-order valence-electron chi connectivity index (χ0n) is 18.0. The average molecular weight is 477 g/mol. The van der Waals surface area contributed by atoms with E-state index >= 15 is 0 Å². The molecular formula is C21H27N5O8. The van der Waals surface area contributed by atoms with Gasteiger partial charge in [-0.2, -0.15) is 4.98 Å². The summed E-state index contributed by atoms with van der Waals surface area (Å²) in [5.41, 5.74) is 5.41. The van der Waals surface area contributed by atoms with Crippen LogP contribution in [0.1, 0.15) is 5.56 Å². The summed E-state index contributed by atoms with van der Waals surface area (Å²) < 4.78 is 6.06. The van der Waals surface area contributed by atoms with E-state index in [1.54, 1.807) is 30.3 Å². The summed E-state index contributed by atoms with van der Waals surface area (Å²) in [5, 5.41) is 44.6. The van der Waals surface area contributed by atoms with Crippen molar-refractivity contribution in [1.82, 2.24) is 20.2 Å². The van der Waals surface area contributed by atoms with Crippen molar-refractivity contribution in [3.63, 3.8) is 0 Å². The third-order valence-electron chi connectivity index (χ3n) is 5.35. The molecule has 1 fully saturated rings. The van der Waals surface area contributed by atoms with Gasteiger partial charge in [0.05, 0.1) is 6.61 Å². The average Bonchev–Trinajstić information content (AvgIpc) is 2.81. The standard InChI is InChI=1S/C21H27N5O8/c22-14-6-7-26(21(33)24-14)9-15(28)23-12(8-11-4-2-1-3-5-11)19(31)25-16-18(30)17(29)13(10-27)34-20(16)32/h1-7,12-13,16-18,20,27,29-30,32H,8-10H2,(H,23,28)(H,25,31)(H2,22,24,33)/t12-,13+,16+,17+,18+,20+/m0/s1. The number of amides is 2. The number of ether oxygens (including phenoxy) is 1. The predicted octanol–water partition coefficient (Wildman–Crippen LogP) is -3.53. The SMILES string of the molecule is Nc1ccn(CC(=O)N[C@@H](Cc2ccccc2)C(=O)N[C@@H]2[C@@H](O)[C@H](O)[C@@H](CO)O[C@H]2O)c(=O)n1. The van der Waals surface area contributed by atoms with Gasteiger partial charge in [-0.05, 0) is 11.6 Å². The molecule has 184 valence electrons. The first-order valence-corrected chi connectivity index (χ1v) is 10.5. The van der Waals surface area contributed by atoms with Crippen LogP contribution in [0.2, 0.25) is 0 Å². The van der Waals surface area contributed by atoms with Gasteiger partial charge in [-0.1, -0.05) is 30.3 Å². The molecule has 8 N–H and O–H groups in total. The molecule has 0 saturated carbocycles. The van der Waals surface area contributed by atoms with Crippen LogP contribution in [-0.4, -0.2) is 85.1 Å². The Labute approximate surface area is 193 Å². The van der Waals surface area contributed by atoms with Gasteiger partial charge in [0.15, 0.2) is 6.29 Å². The van der Waals surface area contributed by atoms with Crippen LogP contribution >= 0.6 is 0 Å². The first-order valence-electron chi connectivity index (χ1n) is 10.5. The molecule has 13 nitrogen and oxygen atoms in total. The van der Waals surface area contributed by atoms with Crippen molar-refractivity contribution in [2.45, 2.75) is 49.7 Å². The zero-order valence-corrected chi connectivity index (χ0v) is 18.0. The lowest BCUT2D eigenvalue weighted by atomic mass is 9.96. The number of rotatable bonds is 8. The van der Waals surface area contributed by atoms with Gasteiger partial charge in [0, 0.05) is 12.6 Å². The van der Waals surface area contributed by atoms with Gasteiger partial charge in [0.1, 0.15) is 42.8 Å². The van der Waals surface area contributed by atoms with Crippen molar-refractivity contribution in [3.8, 4) is 0 Å². The molecule has 1 aromatic heterocycles. The number of aliphatic hydroxyl groups is 4. The number of benzene rings is 1. The highest BCUT2D eigenvalue weighted by atomic mass is 16.6. The van der Waals surface area contributed by atoms with Crippen molar-refractivity contribution in [2.24, 2.45) is 0 Å². The van der Waals surface area contributed by atoms with Crippen LogP contribution in [0.4, 0.5) is 5.82 Å². The van der Waals surface area contributed by atoms with Crippen LogP contribution in [0.5, 0.6) is 0 Å². The number of nitrogens with one attached hydrogen (secondary N) is 2. The number of anilines is 1. The van der Waals surface area contributed by atoms with Gasteiger partial charge in [0.2, 0.25) is 11.8 Å². The van der Waals surface area contributed by atoms with Gasteiger partial charge < -0.3 is 41.5 Å². The maximum absolute atomic E-state index is 13.0.